The van der Waals surface area contributed by atoms with Crippen molar-refractivity contribution in [2.45, 2.75) is 11.6 Å². The van der Waals surface area contributed by atoms with Crippen molar-refractivity contribution in [1.29, 1.82) is 0 Å². The normalized spacial score (nSPS) is 10.3. The number of rotatable bonds is 4. The van der Waals surface area contributed by atoms with E-state index in [1.165, 1.54) is 30.0 Å². The lowest BCUT2D eigenvalue weighted by atomic mass is 10.1. The number of carbonyl (C=O) groups is 1. The molecule has 0 aliphatic heterocycles. The predicted molar refractivity (Wildman–Crippen MR) is 68.2 cm³/mol. The van der Waals surface area contributed by atoms with Crippen LogP contribution in [-0.2, 0) is 6.42 Å². The maximum Gasteiger partial charge on any atom is 0.187 e. The minimum absolute atomic E-state index is 0.152. The van der Waals surface area contributed by atoms with Crippen molar-refractivity contribution in [3.63, 3.8) is 0 Å². The van der Waals surface area contributed by atoms with Gasteiger partial charge in [-0.25, -0.2) is 14.4 Å². The molecule has 0 spiro atoms. The molecule has 1 heterocycles. The van der Waals surface area contributed by atoms with E-state index in [2.05, 4.69) is 9.97 Å². The Balaban J connectivity index is 2.16. The lowest BCUT2D eigenvalue weighted by molar-refractivity contribution is 0.0991. The van der Waals surface area contributed by atoms with Crippen LogP contribution >= 0.6 is 11.8 Å². The van der Waals surface area contributed by atoms with E-state index < -0.39 is 5.82 Å². The summed E-state index contributed by atoms with van der Waals surface area (Å²) in [5, 5.41) is 0.625. The Labute approximate surface area is 108 Å². The van der Waals surface area contributed by atoms with Gasteiger partial charge in [-0.1, -0.05) is 23.9 Å². The van der Waals surface area contributed by atoms with Crippen LogP contribution in [0.4, 0.5) is 4.39 Å². The number of nitrogens with zero attached hydrogens (tertiary/aromatic N) is 2. The van der Waals surface area contributed by atoms with Crippen LogP contribution in [-0.4, -0.2) is 22.0 Å². The zero-order valence-electron chi connectivity index (χ0n) is 9.76. The molecule has 2 aromatic rings. The molecule has 0 amide bonds. The van der Waals surface area contributed by atoms with Gasteiger partial charge in [0.1, 0.15) is 5.82 Å². The van der Waals surface area contributed by atoms with Gasteiger partial charge in [-0.05, 0) is 24.5 Å². The fourth-order valence-electron chi connectivity index (χ4n) is 1.50. The van der Waals surface area contributed by atoms with Gasteiger partial charge in [-0.3, -0.25) is 4.79 Å². The number of benzene rings is 1. The first-order chi connectivity index (χ1) is 8.69. The fraction of sp³-hybridized carbons (Fsp3) is 0.154. The van der Waals surface area contributed by atoms with Gasteiger partial charge in [0.25, 0.3) is 0 Å². The molecular formula is C13H11FN2OS. The number of aromatic nitrogens is 2. The molecule has 2 rings (SSSR count). The van der Waals surface area contributed by atoms with Crippen molar-refractivity contribution in [2.24, 2.45) is 0 Å². The first-order valence-electron chi connectivity index (χ1n) is 5.33. The molecule has 0 aliphatic carbocycles. The number of Topliss-reactive ketones (excluding diaryl/α,β-unsaturated/α-hetero) is 1. The topological polar surface area (TPSA) is 42.9 Å². The third kappa shape index (κ3) is 3.13. The summed E-state index contributed by atoms with van der Waals surface area (Å²) < 4.78 is 13.0. The van der Waals surface area contributed by atoms with Gasteiger partial charge < -0.3 is 0 Å². The second-order valence-electron chi connectivity index (χ2n) is 3.64. The van der Waals surface area contributed by atoms with Crippen LogP contribution in [0.2, 0.25) is 0 Å². The van der Waals surface area contributed by atoms with Crippen LogP contribution in [0, 0.1) is 5.82 Å². The van der Waals surface area contributed by atoms with E-state index in [0.29, 0.717) is 16.4 Å². The molecule has 1 aromatic heterocycles. The first-order valence-corrected chi connectivity index (χ1v) is 6.56. The van der Waals surface area contributed by atoms with Gasteiger partial charge in [-0.15, -0.1) is 0 Å². The third-order valence-electron chi connectivity index (χ3n) is 2.36. The van der Waals surface area contributed by atoms with Crippen molar-refractivity contribution >= 4 is 17.5 Å². The molecular weight excluding hydrogens is 251 g/mol. The fourth-order valence-corrected chi connectivity index (χ4v) is 1.88. The molecule has 0 saturated carbocycles. The summed E-state index contributed by atoms with van der Waals surface area (Å²) in [7, 11) is 0. The molecule has 0 bridgehead atoms. The molecule has 0 unspecified atom stereocenters. The molecule has 3 nitrogen and oxygen atoms in total. The molecule has 0 aliphatic rings. The van der Waals surface area contributed by atoms with Gasteiger partial charge in [0, 0.05) is 11.8 Å². The summed E-state index contributed by atoms with van der Waals surface area (Å²) >= 11 is 1.41. The maximum atomic E-state index is 13.0. The molecule has 0 radical (unpaired) electrons. The average molecular weight is 262 g/mol. The van der Waals surface area contributed by atoms with E-state index in [1.807, 2.05) is 6.26 Å². The maximum absolute atomic E-state index is 13.0. The molecule has 92 valence electrons. The largest absolute Gasteiger partial charge is 0.294 e. The van der Waals surface area contributed by atoms with Crippen molar-refractivity contribution in [1.82, 2.24) is 9.97 Å². The van der Waals surface area contributed by atoms with Crippen LogP contribution in [0.1, 0.15) is 16.1 Å². The first kappa shape index (κ1) is 12.7. The number of hydrogen-bond donors (Lipinski definition) is 0. The van der Waals surface area contributed by atoms with E-state index in [0.717, 1.165) is 0 Å². The lowest BCUT2D eigenvalue weighted by Crippen LogP contribution is -2.06. The van der Waals surface area contributed by atoms with Crippen LogP contribution in [0.5, 0.6) is 0 Å². The molecule has 0 N–H and O–H groups in total. The lowest BCUT2D eigenvalue weighted by Gasteiger charge is -2.02. The minimum Gasteiger partial charge on any atom is -0.294 e. The van der Waals surface area contributed by atoms with Gasteiger partial charge in [0.2, 0.25) is 0 Å². The number of ketones is 1. The molecule has 1 aromatic carbocycles. The van der Waals surface area contributed by atoms with Crippen LogP contribution in [0.25, 0.3) is 0 Å². The number of halogens is 1. The highest BCUT2D eigenvalue weighted by atomic mass is 32.2. The SMILES string of the molecule is CSc1nccc(CC(=O)c2cccc(F)c2)n1. The van der Waals surface area contributed by atoms with E-state index >= 15 is 0 Å². The van der Waals surface area contributed by atoms with Gasteiger partial charge in [0.05, 0.1) is 12.1 Å². The predicted octanol–water partition coefficient (Wildman–Crippen LogP) is 2.76. The smallest absolute Gasteiger partial charge is 0.187 e. The van der Waals surface area contributed by atoms with Crippen LogP contribution < -0.4 is 0 Å². The van der Waals surface area contributed by atoms with E-state index in [-0.39, 0.29) is 12.2 Å². The van der Waals surface area contributed by atoms with E-state index in [1.54, 1.807) is 18.3 Å². The molecule has 0 fully saturated rings. The number of thioether (sulfide) groups is 1. The molecule has 5 heteroatoms. The van der Waals surface area contributed by atoms with Crippen molar-refractivity contribution < 1.29 is 9.18 Å². The van der Waals surface area contributed by atoms with Gasteiger partial charge >= 0.3 is 0 Å². The Morgan fingerprint density at radius 1 is 1.39 bits per heavy atom. The Bertz CT molecular complexity index is 574. The Morgan fingerprint density at radius 3 is 2.94 bits per heavy atom. The average Bonchev–Trinajstić information content (AvgIpc) is 2.39. The standard InChI is InChI=1S/C13H11FN2OS/c1-18-13-15-6-5-11(16-13)8-12(17)9-3-2-4-10(14)7-9/h2-7H,8H2,1H3. The molecule has 0 saturated heterocycles. The van der Waals surface area contributed by atoms with E-state index in [4.69, 9.17) is 0 Å². The second-order valence-corrected chi connectivity index (χ2v) is 4.42. The minimum atomic E-state index is -0.409. The number of hydrogen-bond acceptors (Lipinski definition) is 4. The summed E-state index contributed by atoms with van der Waals surface area (Å²) in [6.45, 7) is 0. The van der Waals surface area contributed by atoms with Crippen molar-refractivity contribution in [3.05, 3.63) is 53.6 Å². The Morgan fingerprint density at radius 2 is 2.22 bits per heavy atom. The summed E-state index contributed by atoms with van der Waals surface area (Å²) in [5.74, 6) is -0.561. The highest BCUT2D eigenvalue weighted by molar-refractivity contribution is 7.98. The summed E-state index contributed by atoms with van der Waals surface area (Å²) in [5.41, 5.74) is 1.00. The second kappa shape index (κ2) is 5.73. The van der Waals surface area contributed by atoms with Gasteiger partial charge in [0.15, 0.2) is 10.9 Å². The summed E-state index contributed by atoms with van der Waals surface area (Å²) in [6.07, 6.45) is 3.64. The van der Waals surface area contributed by atoms with Crippen molar-refractivity contribution in [2.75, 3.05) is 6.26 Å². The summed E-state index contributed by atoms with van der Waals surface area (Å²) in [4.78, 5) is 20.2. The highest BCUT2D eigenvalue weighted by Crippen LogP contribution is 2.11. The van der Waals surface area contributed by atoms with E-state index in [9.17, 15) is 9.18 Å². The quantitative estimate of drug-likeness (QED) is 0.483. The zero-order chi connectivity index (χ0) is 13.0. The van der Waals surface area contributed by atoms with Gasteiger partial charge in [-0.2, -0.15) is 0 Å². The molecule has 0 atom stereocenters. The van der Waals surface area contributed by atoms with Crippen LogP contribution in [0.3, 0.4) is 0 Å². The Kier molecular flexibility index (Phi) is 4.04. The third-order valence-corrected chi connectivity index (χ3v) is 2.92. The number of carbonyl (C=O) groups excluding carboxylic acids is 1. The summed E-state index contributed by atoms with van der Waals surface area (Å²) in [6, 6.07) is 7.36. The van der Waals surface area contributed by atoms with Crippen LogP contribution in [0.15, 0.2) is 41.7 Å². The van der Waals surface area contributed by atoms with Crippen molar-refractivity contribution in [3.8, 4) is 0 Å². The Hall–Kier alpha value is -1.75. The highest BCUT2D eigenvalue weighted by Gasteiger charge is 2.09. The molecule has 18 heavy (non-hydrogen) atoms. The monoisotopic (exact) mass is 262 g/mol. The zero-order valence-corrected chi connectivity index (χ0v) is 10.6.